The molecule has 2 aromatic carbocycles. The largest absolute Gasteiger partial charge is 0.376 e. The third-order valence-corrected chi connectivity index (χ3v) is 6.69. The van der Waals surface area contributed by atoms with Gasteiger partial charge in [0.05, 0.1) is 29.3 Å². The van der Waals surface area contributed by atoms with E-state index in [1.165, 1.54) is 17.3 Å². The summed E-state index contributed by atoms with van der Waals surface area (Å²) in [5.41, 5.74) is 4.58. The first-order valence-electron chi connectivity index (χ1n) is 10.3. The minimum atomic E-state index is -0.0755. The van der Waals surface area contributed by atoms with Gasteiger partial charge in [0.2, 0.25) is 0 Å². The van der Waals surface area contributed by atoms with E-state index in [0.29, 0.717) is 22.6 Å². The molecule has 0 spiro atoms. The molecule has 30 heavy (non-hydrogen) atoms. The Labute approximate surface area is 180 Å². The van der Waals surface area contributed by atoms with Crippen molar-refractivity contribution in [3.63, 3.8) is 0 Å². The lowest BCUT2D eigenvalue weighted by atomic mass is 9.99. The van der Waals surface area contributed by atoms with Gasteiger partial charge in [-0.25, -0.2) is 4.98 Å². The lowest BCUT2D eigenvalue weighted by molar-refractivity contribution is 0.0937. The number of para-hydroxylation sites is 1. The monoisotopic (exact) mass is 422 g/mol. The average Bonchev–Trinajstić information content (AvgIpc) is 3.24. The van der Waals surface area contributed by atoms with E-state index in [-0.39, 0.29) is 23.2 Å². The molecule has 2 heterocycles. The molecule has 0 aliphatic carbocycles. The van der Waals surface area contributed by atoms with Crippen molar-refractivity contribution in [2.24, 2.45) is 0 Å². The van der Waals surface area contributed by atoms with Gasteiger partial charge in [-0.05, 0) is 68.5 Å². The Morgan fingerprint density at radius 1 is 1.17 bits per heavy atom. The van der Waals surface area contributed by atoms with E-state index in [2.05, 4.69) is 6.07 Å². The van der Waals surface area contributed by atoms with Crippen molar-refractivity contribution in [1.82, 2.24) is 9.55 Å². The molecular formula is C24H26N2O3S. The number of nitrogens with zero attached hydrogens (tertiary/aromatic N) is 2. The van der Waals surface area contributed by atoms with Gasteiger partial charge in [-0.3, -0.25) is 14.2 Å². The zero-order chi connectivity index (χ0) is 21.3. The summed E-state index contributed by atoms with van der Waals surface area (Å²) in [6.07, 6.45) is 1.96. The molecule has 1 aromatic heterocycles. The molecule has 0 amide bonds. The molecule has 1 atom stereocenters. The van der Waals surface area contributed by atoms with Crippen LogP contribution in [0, 0.1) is 20.8 Å². The van der Waals surface area contributed by atoms with Gasteiger partial charge in [-0.2, -0.15) is 0 Å². The lowest BCUT2D eigenvalue weighted by Crippen LogP contribution is -2.29. The van der Waals surface area contributed by atoms with Gasteiger partial charge in [0.15, 0.2) is 10.9 Å². The molecule has 6 heteroatoms. The molecule has 5 nitrogen and oxygen atoms in total. The molecule has 1 fully saturated rings. The van der Waals surface area contributed by atoms with Crippen LogP contribution in [0.1, 0.15) is 39.9 Å². The number of hydrogen-bond donors (Lipinski definition) is 0. The SMILES string of the molecule is Cc1cc(C)c(C(=O)CSc2nc3ccccc3c(=O)n2C[C@@H]2CCCO2)cc1C. The number of hydrogen-bond acceptors (Lipinski definition) is 5. The Morgan fingerprint density at radius 2 is 1.93 bits per heavy atom. The Morgan fingerprint density at radius 3 is 2.70 bits per heavy atom. The van der Waals surface area contributed by atoms with E-state index in [9.17, 15) is 9.59 Å². The molecular weight excluding hydrogens is 396 g/mol. The maximum atomic E-state index is 13.2. The molecule has 4 rings (SSSR count). The fourth-order valence-electron chi connectivity index (χ4n) is 3.88. The second kappa shape index (κ2) is 8.74. The Bertz CT molecular complexity index is 1160. The summed E-state index contributed by atoms with van der Waals surface area (Å²) >= 11 is 1.33. The standard InChI is InChI=1S/C24H26N2O3S/c1-15-11-17(3)20(12-16(15)2)22(27)14-30-24-25-21-9-5-4-8-19(21)23(28)26(24)13-18-7-6-10-29-18/h4-5,8-9,11-12,18H,6-7,10,13-14H2,1-3H3/t18-/m0/s1. The van der Waals surface area contributed by atoms with Crippen LogP contribution in [0.25, 0.3) is 10.9 Å². The van der Waals surface area contributed by atoms with E-state index in [1.807, 2.05) is 45.0 Å². The fraction of sp³-hybridized carbons (Fsp3) is 0.375. The molecule has 1 saturated heterocycles. The Balaban J connectivity index is 1.65. The number of ether oxygens (including phenoxy) is 1. The van der Waals surface area contributed by atoms with Gasteiger partial charge >= 0.3 is 0 Å². The number of aromatic nitrogens is 2. The van der Waals surface area contributed by atoms with Crippen molar-refractivity contribution in [2.75, 3.05) is 12.4 Å². The molecule has 0 radical (unpaired) electrons. The first-order valence-corrected chi connectivity index (χ1v) is 11.3. The third kappa shape index (κ3) is 4.20. The number of fused-ring (bicyclic) bond motifs is 1. The molecule has 1 aliphatic rings. The van der Waals surface area contributed by atoms with Gasteiger partial charge < -0.3 is 4.74 Å². The molecule has 156 valence electrons. The van der Waals surface area contributed by atoms with Crippen LogP contribution in [0.3, 0.4) is 0 Å². The first kappa shape index (κ1) is 20.8. The molecule has 0 N–H and O–H groups in total. The van der Waals surface area contributed by atoms with Crippen LogP contribution in [-0.2, 0) is 11.3 Å². The summed E-state index contributed by atoms with van der Waals surface area (Å²) in [5.74, 6) is 0.284. The maximum absolute atomic E-state index is 13.2. The second-order valence-electron chi connectivity index (χ2n) is 7.93. The fourth-order valence-corrected chi connectivity index (χ4v) is 4.77. The quantitative estimate of drug-likeness (QED) is 0.333. The van der Waals surface area contributed by atoms with Crippen molar-refractivity contribution in [3.05, 3.63) is 69.0 Å². The van der Waals surface area contributed by atoms with Crippen LogP contribution in [0.4, 0.5) is 0 Å². The first-order chi connectivity index (χ1) is 14.4. The zero-order valence-electron chi connectivity index (χ0n) is 17.6. The number of ketones is 1. The number of aryl methyl sites for hydroxylation is 3. The number of rotatable bonds is 6. The number of Topliss-reactive ketones (excluding diaryl/α,β-unsaturated/α-hetero) is 1. The molecule has 3 aromatic rings. The van der Waals surface area contributed by atoms with Crippen LogP contribution in [0.15, 0.2) is 46.3 Å². The smallest absolute Gasteiger partial charge is 0.262 e. The predicted octanol–water partition coefficient (Wildman–Crippen LogP) is 4.48. The lowest BCUT2D eigenvalue weighted by Gasteiger charge is -2.16. The predicted molar refractivity (Wildman–Crippen MR) is 121 cm³/mol. The summed E-state index contributed by atoms with van der Waals surface area (Å²) in [6.45, 7) is 7.23. The van der Waals surface area contributed by atoms with Crippen molar-refractivity contribution in [2.45, 2.75) is 51.4 Å². The number of thioether (sulfide) groups is 1. The third-order valence-electron chi connectivity index (χ3n) is 5.71. The van der Waals surface area contributed by atoms with Gasteiger partial charge in [0, 0.05) is 12.2 Å². The summed E-state index contributed by atoms with van der Waals surface area (Å²) in [7, 11) is 0. The summed E-state index contributed by atoms with van der Waals surface area (Å²) in [5, 5.41) is 1.17. The van der Waals surface area contributed by atoms with Crippen molar-refractivity contribution < 1.29 is 9.53 Å². The zero-order valence-corrected chi connectivity index (χ0v) is 18.4. The Hall–Kier alpha value is -2.44. The van der Waals surface area contributed by atoms with Crippen molar-refractivity contribution in [1.29, 1.82) is 0 Å². The molecule has 0 saturated carbocycles. The van der Waals surface area contributed by atoms with Gasteiger partial charge in [-0.1, -0.05) is 30.0 Å². The minimum absolute atomic E-state index is 0.0164. The highest BCUT2D eigenvalue weighted by Crippen LogP contribution is 2.23. The van der Waals surface area contributed by atoms with Crippen LogP contribution in [-0.4, -0.2) is 33.8 Å². The molecule has 1 aliphatic heterocycles. The number of carbonyl (C=O) groups is 1. The molecule has 0 bridgehead atoms. The van der Waals surface area contributed by atoms with Gasteiger partial charge in [0.1, 0.15) is 0 Å². The average molecular weight is 423 g/mol. The topological polar surface area (TPSA) is 61.2 Å². The van der Waals surface area contributed by atoms with Crippen molar-refractivity contribution in [3.8, 4) is 0 Å². The normalized spacial score (nSPS) is 16.3. The summed E-state index contributed by atoms with van der Waals surface area (Å²) in [4.78, 5) is 30.8. The van der Waals surface area contributed by atoms with E-state index >= 15 is 0 Å². The number of carbonyl (C=O) groups excluding carboxylic acids is 1. The van der Waals surface area contributed by atoms with Gasteiger partial charge in [-0.15, -0.1) is 0 Å². The van der Waals surface area contributed by atoms with Crippen molar-refractivity contribution >= 4 is 28.4 Å². The van der Waals surface area contributed by atoms with E-state index in [1.54, 1.807) is 10.6 Å². The minimum Gasteiger partial charge on any atom is -0.376 e. The highest BCUT2D eigenvalue weighted by atomic mass is 32.2. The van der Waals surface area contributed by atoms with Crippen LogP contribution in [0.5, 0.6) is 0 Å². The molecule has 0 unspecified atom stereocenters. The van der Waals surface area contributed by atoms with Crippen LogP contribution >= 0.6 is 11.8 Å². The van der Waals surface area contributed by atoms with E-state index in [0.717, 1.165) is 36.1 Å². The second-order valence-corrected chi connectivity index (χ2v) is 8.87. The highest BCUT2D eigenvalue weighted by molar-refractivity contribution is 7.99. The maximum Gasteiger partial charge on any atom is 0.262 e. The van der Waals surface area contributed by atoms with E-state index < -0.39 is 0 Å². The summed E-state index contributed by atoms with van der Waals surface area (Å²) in [6, 6.07) is 11.4. The Kier molecular flexibility index (Phi) is 6.06. The van der Waals surface area contributed by atoms with Crippen LogP contribution < -0.4 is 5.56 Å². The highest BCUT2D eigenvalue weighted by Gasteiger charge is 2.21. The van der Waals surface area contributed by atoms with Crippen LogP contribution in [0.2, 0.25) is 0 Å². The number of benzene rings is 2. The van der Waals surface area contributed by atoms with E-state index in [4.69, 9.17) is 9.72 Å². The van der Waals surface area contributed by atoms with Gasteiger partial charge in [0.25, 0.3) is 5.56 Å². The summed E-state index contributed by atoms with van der Waals surface area (Å²) < 4.78 is 7.43.